The van der Waals surface area contributed by atoms with Gasteiger partial charge in [0, 0.05) is 25.3 Å². The third kappa shape index (κ3) is 6.79. The highest BCUT2D eigenvalue weighted by atomic mass is 19.1. The molecule has 2 aromatic rings. The molecular formula is C26H34F2N2O. The van der Waals surface area contributed by atoms with E-state index >= 15 is 0 Å². The molecule has 1 aliphatic heterocycles. The van der Waals surface area contributed by atoms with Crippen molar-refractivity contribution in [3.05, 3.63) is 77.8 Å². The second-order valence-corrected chi connectivity index (χ2v) is 8.77. The van der Waals surface area contributed by atoms with Crippen molar-refractivity contribution in [3.8, 4) is 5.75 Å². The van der Waals surface area contributed by atoms with E-state index < -0.39 is 6.17 Å². The smallest absolute Gasteiger partial charge is 0.133 e. The largest absolute Gasteiger partial charge is 0.491 e. The van der Waals surface area contributed by atoms with Gasteiger partial charge >= 0.3 is 0 Å². The van der Waals surface area contributed by atoms with Gasteiger partial charge in [-0.1, -0.05) is 30.8 Å². The number of hydrogen-bond acceptors (Lipinski definition) is 3. The summed E-state index contributed by atoms with van der Waals surface area (Å²) in [6.07, 6.45) is 1.52. The van der Waals surface area contributed by atoms with Crippen molar-refractivity contribution < 1.29 is 13.5 Å². The molecule has 0 aliphatic carbocycles. The van der Waals surface area contributed by atoms with Crippen molar-refractivity contribution >= 4 is 0 Å². The van der Waals surface area contributed by atoms with Crippen molar-refractivity contribution in [2.24, 2.45) is 0 Å². The van der Waals surface area contributed by atoms with Crippen molar-refractivity contribution in [1.82, 2.24) is 9.80 Å². The number of nitrogens with zero attached hydrogens (tertiary/aromatic N) is 2. The number of ether oxygens (including phenoxy) is 1. The molecule has 5 heteroatoms. The molecule has 2 atom stereocenters. The van der Waals surface area contributed by atoms with Crippen LogP contribution in [0.1, 0.15) is 37.8 Å². The molecule has 2 unspecified atom stereocenters. The number of likely N-dealkylation sites (tertiary alicyclic amines) is 1. The zero-order chi connectivity index (χ0) is 22.4. The van der Waals surface area contributed by atoms with E-state index in [1.165, 1.54) is 17.7 Å². The Morgan fingerprint density at radius 3 is 2.39 bits per heavy atom. The Balaban J connectivity index is 1.68. The van der Waals surface area contributed by atoms with Crippen molar-refractivity contribution in [1.29, 1.82) is 0 Å². The summed E-state index contributed by atoms with van der Waals surface area (Å²) in [5.41, 5.74) is 3.08. The molecular weight excluding hydrogens is 394 g/mol. The average molecular weight is 429 g/mol. The highest BCUT2D eigenvalue weighted by Gasteiger charge is 2.32. The third-order valence-corrected chi connectivity index (χ3v) is 5.78. The van der Waals surface area contributed by atoms with E-state index in [4.69, 9.17) is 4.74 Å². The fourth-order valence-electron chi connectivity index (χ4n) is 4.08. The molecule has 3 rings (SSSR count). The Morgan fingerprint density at radius 1 is 1.13 bits per heavy atom. The van der Waals surface area contributed by atoms with E-state index in [0.717, 1.165) is 42.8 Å². The Morgan fingerprint density at radius 2 is 1.77 bits per heavy atom. The van der Waals surface area contributed by atoms with Gasteiger partial charge in [0.05, 0.1) is 12.1 Å². The van der Waals surface area contributed by atoms with Crippen LogP contribution in [0.2, 0.25) is 0 Å². The summed E-state index contributed by atoms with van der Waals surface area (Å²) in [4.78, 5) is 4.13. The molecule has 0 bridgehead atoms. The monoisotopic (exact) mass is 428 g/mol. The molecule has 31 heavy (non-hydrogen) atoms. The van der Waals surface area contributed by atoms with Crippen LogP contribution in [0, 0.1) is 5.82 Å². The van der Waals surface area contributed by atoms with Gasteiger partial charge in [0.15, 0.2) is 0 Å². The quantitative estimate of drug-likeness (QED) is 0.517. The van der Waals surface area contributed by atoms with Gasteiger partial charge in [-0.3, -0.25) is 0 Å². The van der Waals surface area contributed by atoms with Gasteiger partial charge in [-0.2, -0.15) is 0 Å². The maximum atomic E-state index is 15.0. The zero-order valence-electron chi connectivity index (χ0n) is 18.9. The fourth-order valence-corrected chi connectivity index (χ4v) is 4.08. The number of alkyl halides is 1. The van der Waals surface area contributed by atoms with E-state index in [2.05, 4.69) is 23.6 Å². The normalized spacial score (nSPS) is 19.4. The summed E-state index contributed by atoms with van der Waals surface area (Å²) in [6, 6.07) is 14.4. The average Bonchev–Trinajstić information content (AvgIpc) is 2.73. The molecule has 1 heterocycles. The molecule has 2 aromatic carbocycles. The van der Waals surface area contributed by atoms with Gasteiger partial charge in [-0.25, -0.2) is 8.78 Å². The van der Waals surface area contributed by atoms with E-state index in [1.54, 1.807) is 12.1 Å². The minimum atomic E-state index is -0.941. The standard InChI is InChI=1S/C26H34F2N2O/c1-19(2)31-24-13-9-21(10-14-24)6-5-20(3)30(17-22-7-11-23(27)12-8-22)26-15-16-29(4)18-25(26)28/h7-14,19,25-26H,3,5-6,15-18H2,1-2,4H3. The van der Waals surface area contributed by atoms with Crippen LogP contribution >= 0.6 is 0 Å². The first kappa shape index (κ1) is 23.3. The molecule has 0 amide bonds. The molecule has 0 spiro atoms. The van der Waals surface area contributed by atoms with Crippen LogP contribution in [0.25, 0.3) is 0 Å². The topological polar surface area (TPSA) is 15.7 Å². The highest BCUT2D eigenvalue weighted by Crippen LogP contribution is 2.27. The molecule has 0 radical (unpaired) electrons. The van der Waals surface area contributed by atoms with Gasteiger partial charge in [-0.05, 0) is 75.5 Å². The second-order valence-electron chi connectivity index (χ2n) is 8.77. The Hall–Kier alpha value is -2.40. The first-order valence-corrected chi connectivity index (χ1v) is 11.1. The number of piperidine rings is 1. The number of halogens is 2. The Kier molecular flexibility index (Phi) is 8.08. The maximum Gasteiger partial charge on any atom is 0.133 e. The third-order valence-electron chi connectivity index (χ3n) is 5.78. The molecule has 0 N–H and O–H groups in total. The van der Waals surface area contributed by atoms with Gasteiger partial charge < -0.3 is 14.5 Å². The lowest BCUT2D eigenvalue weighted by Gasteiger charge is -2.42. The molecule has 1 aliphatic rings. The van der Waals surface area contributed by atoms with E-state index in [1.807, 2.05) is 37.9 Å². The fraction of sp³-hybridized carbons (Fsp3) is 0.462. The lowest BCUT2D eigenvalue weighted by atomic mass is 9.98. The van der Waals surface area contributed by atoms with Crippen LogP contribution in [0.3, 0.4) is 0 Å². The predicted molar refractivity (Wildman–Crippen MR) is 122 cm³/mol. The van der Waals surface area contributed by atoms with Crippen LogP contribution in [0.5, 0.6) is 5.75 Å². The predicted octanol–water partition coefficient (Wildman–Crippen LogP) is 5.60. The van der Waals surface area contributed by atoms with Gasteiger partial charge in [0.2, 0.25) is 0 Å². The Bertz CT molecular complexity index is 835. The summed E-state index contributed by atoms with van der Waals surface area (Å²) >= 11 is 0. The van der Waals surface area contributed by atoms with Crippen LogP contribution in [-0.4, -0.2) is 48.3 Å². The maximum absolute atomic E-state index is 15.0. The minimum Gasteiger partial charge on any atom is -0.491 e. The number of rotatable bonds is 9. The van der Waals surface area contributed by atoms with E-state index in [9.17, 15) is 8.78 Å². The van der Waals surface area contributed by atoms with Gasteiger partial charge in [-0.15, -0.1) is 0 Å². The SMILES string of the molecule is C=C(CCc1ccc(OC(C)C)cc1)N(Cc1ccc(F)cc1)C1CCN(C)CC1F. The first-order valence-electron chi connectivity index (χ1n) is 11.1. The van der Waals surface area contributed by atoms with E-state index in [0.29, 0.717) is 13.1 Å². The van der Waals surface area contributed by atoms with Gasteiger partial charge in [0.1, 0.15) is 17.7 Å². The number of benzene rings is 2. The Labute approximate surface area is 185 Å². The number of aryl methyl sites for hydroxylation is 1. The van der Waals surface area contributed by atoms with Crippen molar-refractivity contribution in [3.63, 3.8) is 0 Å². The van der Waals surface area contributed by atoms with Crippen LogP contribution in [-0.2, 0) is 13.0 Å². The highest BCUT2D eigenvalue weighted by molar-refractivity contribution is 5.28. The van der Waals surface area contributed by atoms with Crippen molar-refractivity contribution in [2.75, 3.05) is 20.1 Å². The molecule has 3 nitrogen and oxygen atoms in total. The van der Waals surface area contributed by atoms with Crippen LogP contribution in [0.15, 0.2) is 60.8 Å². The first-order chi connectivity index (χ1) is 14.8. The van der Waals surface area contributed by atoms with E-state index in [-0.39, 0.29) is 18.0 Å². The molecule has 0 saturated carbocycles. The summed E-state index contributed by atoms with van der Waals surface area (Å²) in [7, 11) is 1.95. The summed E-state index contributed by atoms with van der Waals surface area (Å²) in [5.74, 6) is 0.601. The summed E-state index contributed by atoms with van der Waals surface area (Å²) < 4.78 is 34.0. The molecule has 168 valence electrons. The van der Waals surface area contributed by atoms with Crippen LogP contribution < -0.4 is 4.74 Å². The molecule has 1 saturated heterocycles. The summed E-state index contributed by atoms with van der Waals surface area (Å²) in [6.45, 7) is 10.2. The lowest BCUT2D eigenvalue weighted by molar-refractivity contribution is 0.0565. The lowest BCUT2D eigenvalue weighted by Crippen LogP contribution is -2.50. The van der Waals surface area contributed by atoms with Gasteiger partial charge in [0.25, 0.3) is 0 Å². The molecule has 0 aromatic heterocycles. The second kappa shape index (κ2) is 10.8. The van der Waals surface area contributed by atoms with Crippen molar-refractivity contribution in [2.45, 2.75) is 58.0 Å². The molecule has 1 fully saturated rings. The van der Waals surface area contributed by atoms with Crippen LogP contribution in [0.4, 0.5) is 8.78 Å². The minimum absolute atomic E-state index is 0.147. The number of allylic oxidation sites excluding steroid dienone is 1. The zero-order valence-corrected chi connectivity index (χ0v) is 18.9. The number of hydrogen-bond donors (Lipinski definition) is 0. The summed E-state index contributed by atoms with van der Waals surface area (Å²) in [5, 5.41) is 0.